The number of amides is 1. The third-order valence-electron chi connectivity index (χ3n) is 3.53. The summed E-state index contributed by atoms with van der Waals surface area (Å²) in [6, 6.07) is 10.9. The lowest BCUT2D eigenvalue weighted by Crippen LogP contribution is -2.23. The molecule has 0 unspecified atom stereocenters. The summed E-state index contributed by atoms with van der Waals surface area (Å²) in [5, 5.41) is 10.8. The Labute approximate surface area is 143 Å². The summed E-state index contributed by atoms with van der Waals surface area (Å²) >= 11 is 0. The maximum absolute atomic E-state index is 12.4. The molecule has 0 atom stereocenters. The van der Waals surface area contributed by atoms with E-state index in [0.717, 1.165) is 6.07 Å². The fraction of sp³-hybridized carbons (Fsp3) is 0.133. The predicted molar refractivity (Wildman–Crippen MR) is 89.0 cm³/mol. The summed E-state index contributed by atoms with van der Waals surface area (Å²) in [5.41, 5.74) is 0.536. The molecule has 130 valence electrons. The van der Waals surface area contributed by atoms with Crippen molar-refractivity contribution >= 4 is 33.2 Å². The Kier molecular flexibility index (Phi) is 4.28. The van der Waals surface area contributed by atoms with Gasteiger partial charge in [0.2, 0.25) is 0 Å². The molecule has 0 aromatic heterocycles. The molecule has 3 rings (SSSR count). The molecule has 1 N–H and O–H groups in total. The maximum atomic E-state index is 12.4. The van der Waals surface area contributed by atoms with Crippen molar-refractivity contribution in [3.8, 4) is 0 Å². The first-order chi connectivity index (χ1) is 11.9. The van der Waals surface area contributed by atoms with Crippen LogP contribution >= 0.6 is 0 Å². The van der Waals surface area contributed by atoms with Crippen molar-refractivity contribution in [1.29, 1.82) is 0 Å². The van der Waals surface area contributed by atoms with E-state index in [-0.39, 0.29) is 16.3 Å². The number of carbonyl (C=O) groups is 1. The normalized spacial score (nSPS) is 14.2. The van der Waals surface area contributed by atoms with Gasteiger partial charge < -0.3 is 4.74 Å². The maximum Gasteiger partial charge on any atom is 0.414 e. The summed E-state index contributed by atoms with van der Waals surface area (Å²) in [7, 11) is -3.97. The minimum absolute atomic E-state index is 0.214. The number of carbonyl (C=O) groups excluding carboxylic acids is 1. The third kappa shape index (κ3) is 3.53. The molecule has 25 heavy (non-hydrogen) atoms. The number of nitro benzene ring substituents is 1. The van der Waals surface area contributed by atoms with Crippen LogP contribution in [0.1, 0.15) is 0 Å². The van der Waals surface area contributed by atoms with E-state index in [1.165, 1.54) is 35.2 Å². The standard InChI is InChI=1S/C15H13N3O6S/c19-15-17(8-9-24-15)12-6-4-11(5-7-12)16-25(22,23)14-3-1-2-13(10-14)18(20)21/h1-7,10,16H,8-9H2. The molecule has 1 amide bonds. The molecule has 0 bridgehead atoms. The largest absolute Gasteiger partial charge is 0.447 e. The van der Waals surface area contributed by atoms with Crippen LogP contribution in [0.5, 0.6) is 0 Å². The predicted octanol–water partition coefficient (Wildman–Crippen LogP) is 2.35. The van der Waals surface area contributed by atoms with Crippen molar-refractivity contribution in [2.45, 2.75) is 4.90 Å². The van der Waals surface area contributed by atoms with Gasteiger partial charge in [-0.1, -0.05) is 6.07 Å². The summed E-state index contributed by atoms with van der Waals surface area (Å²) in [5.74, 6) is 0. The lowest BCUT2D eigenvalue weighted by Gasteiger charge is -2.13. The number of hydrogen-bond donors (Lipinski definition) is 1. The Morgan fingerprint density at radius 1 is 1.16 bits per heavy atom. The molecule has 2 aromatic rings. The molecule has 9 nitrogen and oxygen atoms in total. The van der Waals surface area contributed by atoms with Crippen molar-refractivity contribution in [2.24, 2.45) is 0 Å². The quantitative estimate of drug-likeness (QED) is 0.643. The van der Waals surface area contributed by atoms with Crippen molar-refractivity contribution in [2.75, 3.05) is 22.8 Å². The van der Waals surface area contributed by atoms with E-state index in [9.17, 15) is 23.3 Å². The van der Waals surface area contributed by atoms with Crippen LogP contribution in [0, 0.1) is 10.1 Å². The minimum atomic E-state index is -3.97. The molecule has 1 fully saturated rings. The molecule has 1 aliphatic heterocycles. The van der Waals surface area contributed by atoms with Crippen molar-refractivity contribution in [3.05, 3.63) is 58.6 Å². The highest BCUT2D eigenvalue weighted by molar-refractivity contribution is 7.92. The second-order valence-electron chi connectivity index (χ2n) is 5.17. The van der Waals surface area contributed by atoms with Crippen LogP contribution in [-0.4, -0.2) is 32.6 Å². The number of sulfonamides is 1. The van der Waals surface area contributed by atoms with Crippen LogP contribution in [0.25, 0.3) is 0 Å². The van der Waals surface area contributed by atoms with Gasteiger partial charge in [-0.15, -0.1) is 0 Å². The lowest BCUT2D eigenvalue weighted by molar-refractivity contribution is -0.385. The van der Waals surface area contributed by atoms with E-state index in [0.29, 0.717) is 18.8 Å². The van der Waals surface area contributed by atoms with Gasteiger partial charge in [-0.05, 0) is 30.3 Å². The van der Waals surface area contributed by atoms with Crippen LogP contribution < -0.4 is 9.62 Å². The Morgan fingerprint density at radius 3 is 2.48 bits per heavy atom. The van der Waals surface area contributed by atoms with Gasteiger partial charge >= 0.3 is 6.09 Å². The van der Waals surface area contributed by atoms with E-state index in [1.54, 1.807) is 12.1 Å². The van der Waals surface area contributed by atoms with Crippen LogP contribution in [0.3, 0.4) is 0 Å². The van der Waals surface area contributed by atoms with Crippen molar-refractivity contribution < 1.29 is 22.9 Å². The first-order valence-electron chi connectivity index (χ1n) is 7.18. The van der Waals surface area contributed by atoms with Gasteiger partial charge in [0.25, 0.3) is 15.7 Å². The van der Waals surface area contributed by atoms with E-state index in [2.05, 4.69) is 4.72 Å². The average molecular weight is 363 g/mol. The molecule has 0 radical (unpaired) electrons. The molecular formula is C15H13N3O6S. The van der Waals surface area contributed by atoms with Crippen molar-refractivity contribution in [3.63, 3.8) is 0 Å². The van der Waals surface area contributed by atoms with Crippen LogP contribution in [-0.2, 0) is 14.8 Å². The number of cyclic esters (lactones) is 1. The Bertz CT molecular complexity index is 927. The van der Waals surface area contributed by atoms with Gasteiger partial charge in [0.15, 0.2) is 0 Å². The summed E-state index contributed by atoms with van der Waals surface area (Å²) in [4.78, 5) is 22.8. The van der Waals surface area contributed by atoms with Gasteiger partial charge in [0.1, 0.15) is 6.61 Å². The summed E-state index contributed by atoms with van der Waals surface area (Å²) in [6.07, 6.45) is -0.454. The number of nitrogens with zero attached hydrogens (tertiary/aromatic N) is 2. The molecular weight excluding hydrogens is 350 g/mol. The molecule has 0 saturated carbocycles. The highest BCUT2D eigenvalue weighted by atomic mass is 32.2. The molecule has 1 aliphatic rings. The van der Waals surface area contributed by atoms with Crippen molar-refractivity contribution in [1.82, 2.24) is 0 Å². The molecule has 1 saturated heterocycles. The average Bonchev–Trinajstić information content (AvgIpc) is 3.01. The molecule has 2 aromatic carbocycles. The first kappa shape index (κ1) is 16.7. The number of nitrogens with one attached hydrogen (secondary N) is 1. The number of anilines is 2. The fourth-order valence-corrected chi connectivity index (χ4v) is 3.41. The Morgan fingerprint density at radius 2 is 1.88 bits per heavy atom. The zero-order valence-electron chi connectivity index (χ0n) is 12.8. The van der Waals surface area contributed by atoms with E-state index in [4.69, 9.17) is 4.74 Å². The van der Waals surface area contributed by atoms with E-state index < -0.39 is 21.0 Å². The molecule has 0 spiro atoms. The minimum Gasteiger partial charge on any atom is -0.447 e. The number of ether oxygens (including phenoxy) is 1. The lowest BCUT2D eigenvalue weighted by atomic mass is 10.2. The Hall–Kier alpha value is -3.14. The first-order valence-corrected chi connectivity index (χ1v) is 8.67. The summed E-state index contributed by atoms with van der Waals surface area (Å²) in [6.45, 7) is 0.734. The number of benzene rings is 2. The smallest absolute Gasteiger partial charge is 0.414 e. The van der Waals surface area contributed by atoms with Gasteiger partial charge in [0.05, 0.1) is 16.4 Å². The highest BCUT2D eigenvalue weighted by Gasteiger charge is 2.23. The number of non-ortho nitro benzene ring substituents is 1. The number of rotatable bonds is 5. The third-order valence-corrected chi connectivity index (χ3v) is 4.91. The molecule has 10 heteroatoms. The number of nitro groups is 1. The van der Waals surface area contributed by atoms with Gasteiger partial charge in [0, 0.05) is 23.5 Å². The topological polar surface area (TPSA) is 119 Å². The van der Waals surface area contributed by atoms with Crippen LogP contribution in [0.15, 0.2) is 53.4 Å². The Balaban J connectivity index is 1.80. The SMILES string of the molecule is O=C1OCCN1c1ccc(NS(=O)(=O)c2cccc([N+](=O)[O-])c2)cc1. The second-order valence-corrected chi connectivity index (χ2v) is 6.86. The van der Waals surface area contributed by atoms with Crippen LogP contribution in [0.2, 0.25) is 0 Å². The zero-order chi connectivity index (χ0) is 18.0. The second kappa shape index (κ2) is 6.40. The monoisotopic (exact) mass is 363 g/mol. The van der Waals surface area contributed by atoms with Gasteiger partial charge in [-0.2, -0.15) is 0 Å². The molecule has 0 aliphatic carbocycles. The van der Waals surface area contributed by atoms with Gasteiger partial charge in [-0.3, -0.25) is 19.7 Å². The number of hydrogen-bond acceptors (Lipinski definition) is 6. The van der Waals surface area contributed by atoms with Gasteiger partial charge in [-0.25, -0.2) is 13.2 Å². The molecule has 1 heterocycles. The fourth-order valence-electron chi connectivity index (χ4n) is 2.32. The van der Waals surface area contributed by atoms with E-state index >= 15 is 0 Å². The van der Waals surface area contributed by atoms with Crippen LogP contribution in [0.4, 0.5) is 21.9 Å². The van der Waals surface area contributed by atoms with E-state index in [1.807, 2.05) is 0 Å². The zero-order valence-corrected chi connectivity index (χ0v) is 13.6. The summed E-state index contributed by atoms with van der Waals surface area (Å²) < 4.78 is 31.9. The highest BCUT2D eigenvalue weighted by Crippen LogP contribution is 2.24.